The zero-order valence-corrected chi connectivity index (χ0v) is 25.5. The first kappa shape index (κ1) is 30.9. The summed E-state index contributed by atoms with van der Waals surface area (Å²) in [5.41, 5.74) is 8.36. The van der Waals surface area contributed by atoms with Crippen molar-refractivity contribution in [1.82, 2.24) is 14.8 Å². The van der Waals surface area contributed by atoms with Gasteiger partial charge in [0.2, 0.25) is 0 Å². The van der Waals surface area contributed by atoms with Crippen molar-refractivity contribution in [3.8, 4) is 0 Å². The van der Waals surface area contributed by atoms with Crippen LogP contribution >= 0.6 is 12.4 Å². The Balaban J connectivity index is 0.00000441. The topological polar surface area (TPSA) is 63.1 Å². The molecule has 0 saturated heterocycles. The number of para-hydroxylation sites is 1. The number of hydrogen-bond acceptors (Lipinski definition) is 3. The minimum atomic E-state index is -0.157. The molecule has 0 radical (unpaired) electrons. The SMILES string of the molecule is Cc1ccnc(Cn2cc(CN(C(=O)Nc3c(C(C)C)cccc3C(C)C)c3ccc(C(C)C)cc3)cn2)c1.Cl. The lowest BCUT2D eigenvalue weighted by Gasteiger charge is -2.26. The third-order valence-electron chi connectivity index (χ3n) is 7.04. The van der Waals surface area contributed by atoms with Gasteiger partial charge in [-0.3, -0.25) is 14.6 Å². The second kappa shape index (κ2) is 13.6. The molecule has 40 heavy (non-hydrogen) atoms. The number of nitrogens with one attached hydrogen (secondary N) is 1. The number of anilines is 2. The molecule has 4 aromatic rings. The van der Waals surface area contributed by atoms with Gasteiger partial charge in [-0.25, -0.2) is 4.79 Å². The van der Waals surface area contributed by atoms with Crippen LogP contribution < -0.4 is 10.2 Å². The Kier molecular flexibility index (Phi) is 10.5. The highest BCUT2D eigenvalue weighted by molar-refractivity contribution is 6.02. The summed E-state index contributed by atoms with van der Waals surface area (Å²) < 4.78 is 1.87. The van der Waals surface area contributed by atoms with Crippen molar-refractivity contribution in [3.63, 3.8) is 0 Å². The van der Waals surface area contributed by atoms with Gasteiger partial charge in [0.15, 0.2) is 0 Å². The number of rotatable bonds is 9. The lowest BCUT2D eigenvalue weighted by atomic mass is 9.93. The van der Waals surface area contributed by atoms with E-state index in [0.717, 1.165) is 33.8 Å². The monoisotopic (exact) mass is 559 g/mol. The van der Waals surface area contributed by atoms with Crippen LogP contribution in [0.5, 0.6) is 0 Å². The number of carbonyl (C=O) groups excluding carboxylic acids is 1. The predicted octanol–water partition coefficient (Wildman–Crippen LogP) is 8.67. The molecule has 2 aromatic heterocycles. The molecule has 0 spiro atoms. The van der Waals surface area contributed by atoms with Crippen molar-refractivity contribution >= 4 is 29.8 Å². The highest BCUT2D eigenvalue weighted by Crippen LogP contribution is 2.33. The fourth-order valence-electron chi connectivity index (χ4n) is 4.80. The van der Waals surface area contributed by atoms with E-state index in [1.165, 1.54) is 11.1 Å². The number of hydrogen-bond donors (Lipinski definition) is 1. The van der Waals surface area contributed by atoms with Crippen LogP contribution in [0, 0.1) is 6.92 Å². The van der Waals surface area contributed by atoms with Crippen molar-refractivity contribution in [2.75, 3.05) is 10.2 Å². The van der Waals surface area contributed by atoms with E-state index in [1.807, 2.05) is 41.5 Å². The number of urea groups is 1. The number of halogens is 1. The number of nitrogens with zero attached hydrogens (tertiary/aromatic N) is 4. The van der Waals surface area contributed by atoms with E-state index >= 15 is 0 Å². The fourth-order valence-corrected chi connectivity index (χ4v) is 4.80. The van der Waals surface area contributed by atoms with Gasteiger partial charge in [0.1, 0.15) is 0 Å². The van der Waals surface area contributed by atoms with Gasteiger partial charge in [0.05, 0.1) is 25.0 Å². The Labute approximate surface area is 245 Å². The molecule has 4 rings (SSSR count). The van der Waals surface area contributed by atoms with E-state index in [-0.39, 0.29) is 30.3 Å². The third kappa shape index (κ3) is 7.51. The van der Waals surface area contributed by atoms with Crippen molar-refractivity contribution in [2.45, 2.75) is 79.3 Å². The van der Waals surface area contributed by atoms with Crippen LogP contribution in [0.1, 0.15) is 92.8 Å². The number of benzene rings is 2. The standard InChI is InChI=1S/C33H41N5O.ClH/c1-22(2)27-11-13-29(14-12-27)38(20-26-18-35-37(19-26)21-28-17-25(7)15-16-34-28)33(39)36-32-30(23(3)4)9-8-10-31(32)24(5)6;/h8-19,22-24H,20-21H2,1-7H3,(H,36,39);1H. The molecule has 0 aliphatic carbocycles. The molecule has 2 amide bonds. The lowest BCUT2D eigenvalue weighted by Crippen LogP contribution is -2.35. The molecule has 2 heterocycles. The van der Waals surface area contributed by atoms with Gasteiger partial charge in [-0.1, -0.05) is 71.9 Å². The summed E-state index contributed by atoms with van der Waals surface area (Å²) in [7, 11) is 0. The van der Waals surface area contributed by atoms with Gasteiger partial charge in [0.25, 0.3) is 0 Å². The summed E-state index contributed by atoms with van der Waals surface area (Å²) in [6.45, 7) is 16.0. The Hall–Kier alpha value is -3.64. The van der Waals surface area contributed by atoms with Gasteiger partial charge < -0.3 is 5.32 Å². The molecule has 0 atom stereocenters. The lowest BCUT2D eigenvalue weighted by molar-refractivity contribution is 0.256. The first-order chi connectivity index (χ1) is 18.6. The highest BCUT2D eigenvalue weighted by Gasteiger charge is 2.22. The summed E-state index contributed by atoms with van der Waals surface area (Å²) in [6, 6.07) is 18.5. The number of aromatic nitrogens is 3. The zero-order valence-electron chi connectivity index (χ0n) is 24.7. The quantitative estimate of drug-likeness (QED) is 0.223. The first-order valence-electron chi connectivity index (χ1n) is 13.9. The van der Waals surface area contributed by atoms with Crippen LogP contribution in [0.25, 0.3) is 0 Å². The summed E-state index contributed by atoms with van der Waals surface area (Å²) in [6.07, 6.45) is 5.65. The summed E-state index contributed by atoms with van der Waals surface area (Å²) in [5.74, 6) is 0.985. The van der Waals surface area contributed by atoms with Crippen molar-refractivity contribution in [3.05, 3.63) is 107 Å². The van der Waals surface area contributed by atoms with Crippen LogP contribution in [0.15, 0.2) is 73.2 Å². The van der Waals surface area contributed by atoms with E-state index in [0.29, 0.717) is 19.0 Å². The van der Waals surface area contributed by atoms with Gasteiger partial charge in [0, 0.05) is 29.3 Å². The average molecular weight is 560 g/mol. The van der Waals surface area contributed by atoms with E-state index in [4.69, 9.17) is 0 Å². The van der Waals surface area contributed by atoms with E-state index in [9.17, 15) is 4.79 Å². The Bertz CT molecular complexity index is 1380. The first-order valence-corrected chi connectivity index (χ1v) is 13.9. The third-order valence-corrected chi connectivity index (χ3v) is 7.04. The van der Waals surface area contributed by atoms with Crippen LogP contribution in [0.2, 0.25) is 0 Å². The highest BCUT2D eigenvalue weighted by atomic mass is 35.5. The Morgan fingerprint density at radius 2 is 1.57 bits per heavy atom. The number of amides is 2. The number of pyridine rings is 1. The van der Waals surface area contributed by atoms with Crippen molar-refractivity contribution < 1.29 is 4.79 Å². The molecule has 212 valence electrons. The van der Waals surface area contributed by atoms with Crippen LogP contribution in [-0.4, -0.2) is 20.8 Å². The maximum atomic E-state index is 14.0. The van der Waals surface area contributed by atoms with Gasteiger partial charge in [-0.15, -0.1) is 12.4 Å². The smallest absolute Gasteiger partial charge is 0.307 e. The van der Waals surface area contributed by atoms with Crippen molar-refractivity contribution in [1.29, 1.82) is 0 Å². The van der Waals surface area contributed by atoms with Crippen LogP contribution in [-0.2, 0) is 13.1 Å². The maximum Gasteiger partial charge on any atom is 0.326 e. The summed E-state index contributed by atoms with van der Waals surface area (Å²) in [5, 5.41) is 7.86. The molecular formula is C33H42ClN5O. The molecule has 2 aromatic carbocycles. The zero-order chi connectivity index (χ0) is 28.1. The predicted molar refractivity (Wildman–Crippen MR) is 168 cm³/mol. The van der Waals surface area contributed by atoms with E-state index in [2.05, 4.69) is 100 Å². The molecule has 1 N–H and O–H groups in total. The molecule has 0 bridgehead atoms. The fraction of sp³-hybridized carbons (Fsp3) is 0.364. The van der Waals surface area contributed by atoms with Gasteiger partial charge in [-0.05, 0) is 71.2 Å². The molecule has 6 nitrogen and oxygen atoms in total. The Morgan fingerprint density at radius 3 is 2.15 bits per heavy atom. The molecular weight excluding hydrogens is 518 g/mol. The van der Waals surface area contributed by atoms with E-state index < -0.39 is 0 Å². The average Bonchev–Trinajstić information content (AvgIpc) is 3.33. The van der Waals surface area contributed by atoms with Crippen molar-refractivity contribution in [2.24, 2.45) is 0 Å². The molecule has 0 fully saturated rings. The van der Waals surface area contributed by atoms with Gasteiger partial charge >= 0.3 is 6.03 Å². The molecule has 0 unspecified atom stereocenters. The number of aryl methyl sites for hydroxylation is 1. The largest absolute Gasteiger partial charge is 0.326 e. The normalized spacial score (nSPS) is 11.2. The summed E-state index contributed by atoms with van der Waals surface area (Å²) >= 11 is 0. The minimum Gasteiger partial charge on any atom is -0.307 e. The molecule has 0 saturated carbocycles. The van der Waals surface area contributed by atoms with Gasteiger partial charge in [-0.2, -0.15) is 5.10 Å². The van der Waals surface area contributed by atoms with Crippen LogP contribution in [0.4, 0.5) is 16.2 Å². The van der Waals surface area contributed by atoms with Crippen LogP contribution in [0.3, 0.4) is 0 Å². The molecule has 0 aliphatic heterocycles. The maximum absolute atomic E-state index is 14.0. The minimum absolute atomic E-state index is 0. The molecule has 0 aliphatic rings. The summed E-state index contributed by atoms with van der Waals surface area (Å²) in [4.78, 5) is 20.3. The second-order valence-corrected chi connectivity index (χ2v) is 11.3. The van der Waals surface area contributed by atoms with E-state index in [1.54, 1.807) is 4.90 Å². The number of carbonyl (C=O) groups is 1. The molecule has 7 heteroatoms. The Morgan fingerprint density at radius 1 is 0.925 bits per heavy atom. The second-order valence-electron chi connectivity index (χ2n) is 11.3.